The average molecular weight is 283 g/mol. The number of benzene rings is 1. The summed E-state index contributed by atoms with van der Waals surface area (Å²) in [6.07, 6.45) is 3.25. The molecule has 5 nitrogen and oxygen atoms in total. The Morgan fingerprint density at radius 3 is 2.95 bits per heavy atom. The lowest BCUT2D eigenvalue weighted by atomic mass is 10.1. The molecule has 0 saturated heterocycles. The van der Waals surface area contributed by atoms with E-state index in [0.717, 1.165) is 30.8 Å². The molecule has 0 fully saturated rings. The highest BCUT2D eigenvalue weighted by Crippen LogP contribution is 2.19. The molecule has 0 aromatic heterocycles. The van der Waals surface area contributed by atoms with Gasteiger partial charge in [-0.05, 0) is 42.7 Å². The third-order valence-corrected chi connectivity index (χ3v) is 3.38. The Morgan fingerprint density at radius 2 is 2.32 bits per heavy atom. The molecule has 0 heterocycles. The molecular formula is C13H21N3O2S. The molecule has 0 saturated carbocycles. The number of rotatable bonds is 8. The van der Waals surface area contributed by atoms with Crippen molar-refractivity contribution in [3.63, 3.8) is 0 Å². The maximum absolute atomic E-state index is 8.76. The van der Waals surface area contributed by atoms with E-state index in [9.17, 15) is 0 Å². The first-order valence-electron chi connectivity index (χ1n) is 6.07. The van der Waals surface area contributed by atoms with Crippen LogP contribution < -0.4 is 15.8 Å². The predicted molar refractivity (Wildman–Crippen MR) is 80.2 cm³/mol. The van der Waals surface area contributed by atoms with Crippen molar-refractivity contribution < 1.29 is 9.94 Å². The normalized spacial score (nSPS) is 11.6. The molecule has 6 heteroatoms. The second-order valence-corrected chi connectivity index (χ2v) is 5.03. The van der Waals surface area contributed by atoms with Crippen molar-refractivity contribution in [2.24, 2.45) is 10.9 Å². The Kier molecular flexibility index (Phi) is 7.14. The number of hydrogen-bond donors (Lipinski definition) is 3. The number of nitrogens with zero attached hydrogens (tertiary/aromatic N) is 1. The van der Waals surface area contributed by atoms with E-state index in [1.165, 1.54) is 0 Å². The van der Waals surface area contributed by atoms with Gasteiger partial charge in [0.05, 0.1) is 12.7 Å². The number of nitrogens with two attached hydrogens (primary N) is 1. The van der Waals surface area contributed by atoms with Gasteiger partial charge in [-0.3, -0.25) is 0 Å². The third-order valence-electron chi connectivity index (χ3n) is 2.68. The van der Waals surface area contributed by atoms with Gasteiger partial charge in [0, 0.05) is 6.54 Å². The number of oxime groups is 1. The van der Waals surface area contributed by atoms with Crippen LogP contribution in [0.1, 0.15) is 17.5 Å². The fourth-order valence-corrected chi connectivity index (χ4v) is 2.13. The van der Waals surface area contributed by atoms with Crippen LogP contribution in [0.15, 0.2) is 23.4 Å². The first kappa shape index (κ1) is 15.7. The summed E-state index contributed by atoms with van der Waals surface area (Å²) < 4.78 is 5.19. The number of methoxy groups -OCH3 is 1. The lowest BCUT2D eigenvalue weighted by Gasteiger charge is -2.10. The quantitative estimate of drug-likeness (QED) is 0.222. The van der Waals surface area contributed by atoms with E-state index < -0.39 is 0 Å². The van der Waals surface area contributed by atoms with Crippen LogP contribution in [0.3, 0.4) is 0 Å². The van der Waals surface area contributed by atoms with E-state index in [0.29, 0.717) is 11.3 Å². The van der Waals surface area contributed by atoms with Crippen molar-refractivity contribution in [1.82, 2.24) is 5.32 Å². The van der Waals surface area contributed by atoms with Gasteiger partial charge >= 0.3 is 0 Å². The summed E-state index contributed by atoms with van der Waals surface area (Å²) in [5.74, 6) is 1.81. The van der Waals surface area contributed by atoms with Crippen LogP contribution in [0, 0.1) is 0 Å². The Morgan fingerprint density at radius 1 is 1.53 bits per heavy atom. The summed E-state index contributed by atoms with van der Waals surface area (Å²) in [6, 6.07) is 5.66. The molecule has 0 unspecified atom stereocenters. The van der Waals surface area contributed by atoms with E-state index in [-0.39, 0.29) is 5.84 Å². The molecule has 106 valence electrons. The topological polar surface area (TPSA) is 79.9 Å². The standard InChI is InChI=1S/C13H21N3O2S/c1-18-12-5-4-10(8-11(12)13(14)16-17)9-15-6-3-7-19-2/h4-5,8,15,17H,3,6-7,9H2,1-2H3,(H2,14,16). The SMILES string of the molecule is COc1ccc(CNCCCSC)cc1C(N)=NO. The molecule has 1 aromatic carbocycles. The third kappa shape index (κ3) is 5.00. The summed E-state index contributed by atoms with van der Waals surface area (Å²) >= 11 is 1.85. The van der Waals surface area contributed by atoms with Crippen molar-refractivity contribution in [3.8, 4) is 5.75 Å². The second-order valence-electron chi connectivity index (χ2n) is 4.04. The molecule has 0 atom stereocenters. The molecule has 0 aliphatic heterocycles. The van der Waals surface area contributed by atoms with E-state index in [1.807, 2.05) is 30.0 Å². The Labute approximate surface area is 118 Å². The summed E-state index contributed by atoms with van der Waals surface area (Å²) in [5.41, 5.74) is 7.31. The monoisotopic (exact) mass is 283 g/mol. The maximum atomic E-state index is 8.76. The number of hydrogen-bond acceptors (Lipinski definition) is 5. The van der Waals surface area contributed by atoms with E-state index in [4.69, 9.17) is 15.7 Å². The van der Waals surface area contributed by atoms with Gasteiger partial charge in [-0.2, -0.15) is 11.8 Å². The van der Waals surface area contributed by atoms with Gasteiger partial charge in [0.2, 0.25) is 0 Å². The maximum Gasteiger partial charge on any atom is 0.173 e. The summed E-state index contributed by atoms with van der Waals surface area (Å²) in [4.78, 5) is 0. The van der Waals surface area contributed by atoms with Crippen LogP contribution in [0.25, 0.3) is 0 Å². The fourth-order valence-electron chi connectivity index (χ4n) is 1.69. The molecule has 1 aromatic rings. The van der Waals surface area contributed by atoms with Crippen molar-refractivity contribution in [2.75, 3.05) is 25.7 Å². The van der Waals surface area contributed by atoms with Crippen molar-refractivity contribution in [2.45, 2.75) is 13.0 Å². The first-order chi connectivity index (χ1) is 9.22. The highest BCUT2D eigenvalue weighted by molar-refractivity contribution is 7.98. The highest BCUT2D eigenvalue weighted by Gasteiger charge is 2.08. The lowest BCUT2D eigenvalue weighted by molar-refractivity contribution is 0.318. The molecule has 0 aliphatic rings. The van der Waals surface area contributed by atoms with Crippen molar-refractivity contribution in [3.05, 3.63) is 29.3 Å². The van der Waals surface area contributed by atoms with Crippen LogP contribution in [0.4, 0.5) is 0 Å². The molecule has 1 rings (SSSR count). The minimum atomic E-state index is 0.0566. The van der Waals surface area contributed by atoms with Gasteiger partial charge in [0.15, 0.2) is 5.84 Å². The molecule has 4 N–H and O–H groups in total. The van der Waals surface area contributed by atoms with Gasteiger partial charge < -0.3 is 21.0 Å². The molecular weight excluding hydrogens is 262 g/mol. The zero-order chi connectivity index (χ0) is 14.1. The first-order valence-corrected chi connectivity index (χ1v) is 7.46. The average Bonchev–Trinajstić information content (AvgIpc) is 2.46. The summed E-state index contributed by atoms with van der Waals surface area (Å²) in [5, 5.41) is 15.1. The largest absolute Gasteiger partial charge is 0.496 e. The lowest BCUT2D eigenvalue weighted by Crippen LogP contribution is -2.18. The van der Waals surface area contributed by atoms with E-state index in [2.05, 4.69) is 16.7 Å². The van der Waals surface area contributed by atoms with Gasteiger partial charge in [-0.1, -0.05) is 11.2 Å². The zero-order valence-electron chi connectivity index (χ0n) is 11.3. The van der Waals surface area contributed by atoms with Gasteiger partial charge in [0.1, 0.15) is 5.75 Å². The molecule has 0 spiro atoms. The molecule has 0 radical (unpaired) electrons. The summed E-state index contributed by atoms with van der Waals surface area (Å²) in [7, 11) is 1.56. The highest BCUT2D eigenvalue weighted by atomic mass is 32.2. The number of ether oxygens (including phenoxy) is 1. The number of nitrogens with one attached hydrogen (secondary N) is 1. The van der Waals surface area contributed by atoms with Crippen LogP contribution in [0.5, 0.6) is 5.75 Å². The molecule has 0 amide bonds. The van der Waals surface area contributed by atoms with Gasteiger partial charge in [-0.25, -0.2) is 0 Å². The number of thioether (sulfide) groups is 1. The Bertz CT molecular complexity index is 424. The van der Waals surface area contributed by atoms with Crippen LogP contribution in [0.2, 0.25) is 0 Å². The van der Waals surface area contributed by atoms with E-state index in [1.54, 1.807) is 7.11 Å². The van der Waals surface area contributed by atoms with Crippen molar-refractivity contribution >= 4 is 17.6 Å². The van der Waals surface area contributed by atoms with Crippen LogP contribution in [-0.4, -0.2) is 36.7 Å². The summed E-state index contributed by atoms with van der Waals surface area (Å²) in [6.45, 7) is 1.73. The smallest absolute Gasteiger partial charge is 0.173 e. The molecule has 0 aliphatic carbocycles. The van der Waals surface area contributed by atoms with Gasteiger partial charge in [-0.15, -0.1) is 0 Å². The minimum Gasteiger partial charge on any atom is -0.496 e. The minimum absolute atomic E-state index is 0.0566. The van der Waals surface area contributed by atoms with Crippen LogP contribution >= 0.6 is 11.8 Å². The predicted octanol–water partition coefficient (Wildman–Crippen LogP) is 1.63. The zero-order valence-corrected chi connectivity index (χ0v) is 12.2. The molecule has 19 heavy (non-hydrogen) atoms. The van der Waals surface area contributed by atoms with Crippen LogP contribution in [-0.2, 0) is 6.54 Å². The fraction of sp³-hybridized carbons (Fsp3) is 0.462. The Hall–Kier alpha value is -1.40. The van der Waals surface area contributed by atoms with Crippen molar-refractivity contribution in [1.29, 1.82) is 0 Å². The second kappa shape index (κ2) is 8.66. The molecule has 0 bridgehead atoms. The Balaban J connectivity index is 2.65. The van der Waals surface area contributed by atoms with E-state index >= 15 is 0 Å². The number of amidine groups is 1. The van der Waals surface area contributed by atoms with Gasteiger partial charge in [0.25, 0.3) is 0 Å².